The quantitative estimate of drug-likeness (QED) is 0.576. The highest BCUT2D eigenvalue weighted by molar-refractivity contribution is 6.34. The summed E-state index contributed by atoms with van der Waals surface area (Å²) >= 11 is 6.17. The van der Waals surface area contributed by atoms with Crippen LogP contribution < -0.4 is 11.3 Å². The van der Waals surface area contributed by atoms with E-state index in [2.05, 4.69) is 10.5 Å². The van der Waals surface area contributed by atoms with Crippen LogP contribution in [0.5, 0.6) is 0 Å². The van der Waals surface area contributed by atoms with E-state index in [9.17, 15) is 0 Å². The number of nitrogens with one attached hydrogen (secondary N) is 1. The molecule has 3 N–H and O–H groups in total. The third-order valence-corrected chi connectivity index (χ3v) is 4.12. The van der Waals surface area contributed by atoms with Crippen molar-refractivity contribution in [2.24, 2.45) is 12.9 Å². The van der Waals surface area contributed by atoms with Crippen molar-refractivity contribution in [3.8, 4) is 0 Å². The molecular formula is C15H17ClN4O. The van der Waals surface area contributed by atoms with E-state index in [1.54, 1.807) is 0 Å². The van der Waals surface area contributed by atoms with Gasteiger partial charge in [0, 0.05) is 23.7 Å². The summed E-state index contributed by atoms with van der Waals surface area (Å²) in [6.07, 6.45) is 0. The number of fused-ring (bicyclic) bond motifs is 1. The van der Waals surface area contributed by atoms with Crippen molar-refractivity contribution in [2.45, 2.75) is 19.9 Å². The van der Waals surface area contributed by atoms with Gasteiger partial charge in [-0.3, -0.25) is 10.5 Å². The Balaban J connectivity index is 2.16. The van der Waals surface area contributed by atoms with Gasteiger partial charge in [-0.25, -0.2) is 5.43 Å². The van der Waals surface area contributed by atoms with Gasteiger partial charge in [-0.1, -0.05) is 23.7 Å². The second kappa shape index (κ2) is 5.18. The second-order valence-electron chi connectivity index (χ2n) is 5.11. The number of hydrogen-bond acceptors (Lipinski definition) is 4. The minimum Gasteiger partial charge on any atom is -0.457 e. The number of aromatic nitrogens is 2. The third kappa shape index (κ3) is 2.23. The zero-order valence-electron chi connectivity index (χ0n) is 12.1. The van der Waals surface area contributed by atoms with Gasteiger partial charge in [-0.15, -0.1) is 0 Å². The Morgan fingerprint density at radius 2 is 2.14 bits per heavy atom. The Morgan fingerprint density at radius 1 is 1.38 bits per heavy atom. The highest BCUT2D eigenvalue weighted by Gasteiger charge is 2.24. The average molecular weight is 305 g/mol. The molecule has 21 heavy (non-hydrogen) atoms. The molecular weight excluding hydrogens is 288 g/mol. The Bertz CT molecular complexity index is 805. The zero-order chi connectivity index (χ0) is 15.1. The number of para-hydroxylation sites is 1. The standard InChI is InChI=1S/C15H17ClN4O/c1-8-13(9(2)20(3)19-8)14(18-17)12-7-10-5-4-6-11(16)15(10)21-12/h4-7,14,18H,17H2,1-3H3. The van der Waals surface area contributed by atoms with Crippen LogP contribution in [0.1, 0.15) is 28.8 Å². The zero-order valence-corrected chi connectivity index (χ0v) is 12.9. The lowest BCUT2D eigenvalue weighted by Gasteiger charge is -2.14. The van der Waals surface area contributed by atoms with Gasteiger partial charge in [0.1, 0.15) is 11.8 Å². The van der Waals surface area contributed by atoms with Gasteiger partial charge in [-0.05, 0) is 26.0 Å². The molecule has 0 spiro atoms. The minimum atomic E-state index is -0.262. The van der Waals surface area contributed by atoms with Crippen LogP contribution in [0.15, 0.2) is 28.7 Å². The van der Waals surface area contributed by atoms with Crippen molar-refractivity contribution in [2.75, 3.05) is 0 Å². The maximum absolute atomic E-state index is 6.17. The summed E-state index contributed by atoms with van der Waals surface area (Å²) in [5.74, 6) is 6.49. The molecule has 0 aliphatic carbocycles. The molecule has 0 aliphatic rings. The smallest absolute Gasteiger partial charge is 0.152 e. The van der Waals surface area contributed by atoms with Gasteiger partial charge in [0.05, 0.1) is 10.7 Å². The lowest BCUT2D eigenvalue weighted by Crippen LogP contribution is -2.29. The van der Waals surface area contributed by atoms with Crippen molar-refractivity contribution in [1.82, 2.24) is 15.2 Å². The molecule has 110 valence electrons. The van der Waals surface area contributed by atoms with E-state index in [0.29, 0.717) is 10.6 Å². The molecule has 1 unspecified atom stereocenters. The molecule has 0 radical (unpaired) electrons. The highest BCUT2D eigenvalue weighted by Crippen LogP contribution is 2.33. The summed E-state index contributed by atoms with van der Waals surface area (Å²) in [6.45, 7) is 3.97. The van der Waals surface area contributed by atoms with Crippen LogP contribution in [0.2, 0.25) is 5.02 Å². The lowest BCUT2D eigenvalue weighted by molar-refractivity contribution is 0.475. The Kier molecular flexibility index (Phi) is 3.49. The van der Waals surface area contributed by atoms with Gasteiger partial charge < -0.3 is 4.42 Å². The van der Waals surface area contributed by atoms with Crippen LogP contribution in [0.25, 0.3) is 11.0 Å². The number of nitrogens with two attached hydrogens (primary N) is 1. The van der Waals surface area contributed by atoms with Gasteiger partial charge in [-0.2, -0.15) is 5.10 Å². The molecule has 1 aromatic carbocycles. The number of aryl methyl sites for hydroxylation is 2. The maximum atomic E-state index is 6.17. The number of hydrazine groups is 1. The maximum Gasteiger partial charge on any atom is 0.152 e. The SMILES string of the molecule is Cc1nn(C)c(C)c1C(NN)c1cc2cccc(Cl)c2o1. The molecule has 3 aromatic rings. The first-order chi connectivity index (χ1) is 10.0. The van der Waals surface area contributed by atoms with E-state index in [0.717, 1.165) is 28.1 Å². The monoisotopic (exact) mass is 304 g/mol. The molecule has 6 heteroatoms. The molecule has 2 aromatic heterocycles. The first-order valence-electron chi connectivity index (χ1n) is 6.67. The van der Waals surface area contributed by atoms with Gasteiger partial charge >= 0.3 is 0 Å². The summed E-state index contributed by atoms with van der Waals surface area (Å²) in [4.78, 5) is 0. The van der Waals surface area contributed by atoms with Gasteiger partial charge in [0.15, 0.2) is 5.58 Å². The first kappa shape index (κ1) is 14.1. The van der Waals surface area contributed by atoms with Gasteiger partial charge in [0.25, 0.3) is 0 Å². The van der Waals surface area contributed by atoms with Crippen LogP contribution in [0.3, 0.4) is 0 Å². The largest absolute Gasteiger partial charge is 0.457 e. The summed E-state index contributed by atoms with van der Waals surface area (Å²) in [6, 6.07) is 7.36. The van der Waals surface area contributed by atoms with Crippen LogP contribution in [-0.2, 0) is 7.05 Å². The predicted octanol–water partition coefficient (Wildman–Crippen LogP) is 2.99. The second-order valence-corrected chi connectivity index (χ2v) is 5.52. The van der Waals surface area contributed by atoms with Crippen molar-refractivity contribution in [3.63, 3.8) is 0 Å². The number of rotatable bonds is 3. The number of hydrogen-bond donors (Lipinski definition) is 2. The average Bonchev–Trinajstić information content (AvgIpc) is 2.97. The molecule has 0 bridgehead atoms. The normalized spacial score (nSPS) is 13.0. The van der Waals surface area contributed by atoms with Crippen molar-refractivity contribution in [3.05, 3.63) is 52.0 Å². The molecule has 0 saturated heterocycles. The fourth-order valence-electron chi connectivity index (χ4n) is 2.71. The van der Waals surface area contributed by atoms with Crippen molar-refractivity contribution >= 4 is 22.6 Å². The molecule has 3 rings (SSSR count). The molecule has 0 aliphatic heterocycles. The number of furan rings is 1. The van der Waals surface area contributed by atoms with Crippen LogP contribution in [0.4, 0.5) is 0 Å². The Labute approximate surface area is 127 Å². The number of benzene rings is 1. The first-order valence-corrected chi connectivity index (χ1v) is 7.05. The third-order valence-electron chi connectivity index (χ3n) is 3.82. The molecule has 0 fully saturated rings. The van der Waals surface area contributed by atoms with E-state index in [1.165, 1.54) is 0 Å². The van der Waals surface area contributed by atoms with Crippen LogP contribution >= 0.6 is 11.6 Å². The van der Waals surface area contributed by atoms with Crippen LogP contribution in [0, 0.1) is 13.8 Å². The molecule has 5 nitrogen and oxygen atoms in total. The fraction of sp³-hybridized carbons (Fsp3) is 0.267. The summed E-state index contributed by atoms with van der Waals surface area (Å²) in [5.41, 5.74) is 6.48. The molecule has 0 amide bonds. The van der Waals surface area contributed by atoms with Crippen molar-refractivity contribution < 1.29 is 4.42 Å². The number of nitrogens with zero attached hydrogens (tertiary/aromatic N) is 2. The Hall–Kier alpha value is -1.82. The summed E-state index contributed by atoms with van der Waals surface area (Å²) in [7, 11) is 1.91. The highest BCUT2D eigenvalue weighted by atomic mass is 35.5. The topological polar surface area (TPSA) is 69.0 Å². The van der Waals surface area contributed by atoms with E-state index < -0.39 is 0 Å². The molecule has 2 heterocycles. The summed E-state index contributed by atoms with van der Waals surface area (Å²) in [5, 5.41) is 5.98. The van der Waals surface area contributed by atoms with Crippen LogP contribution in [-0.4, -0.2) is 9.78 Å². The minimum absolute atomic E-state index is 0.262. The van der Waals surface area contributed by atoms with E-state index >= 15 is 0 Å². The van der Waals surface area contributed by atoms with E-state index in [-0.39, 0.29) is 6.04 Å². The van der Waals surface area contributed by atoms with Crippen molar-refractivity contribution in [1.29, 1.82) is 0 Å². The van der Waals surface area contributed by atoms with Gasteiger partial charge in [0.2, 0.25) is 0 Å². The fourth-order valence-corrected chi connectivity index (χ4v) is 2.93. The number of halogens is 1. The molecule has 0 saturated carbocycles. The van der Waals surface area contributed by atoms with E-state index in [4.69, 9.17) is 21.9 Å². The lowest BCUT2D eigenvalue weighted by atomic mass is 10.0. The summed E-state index contributed by atoms with van der Waals surface area (Å²) < 4.78 is 7.75. The molecule has 1 atom stereocenters. The predicted molar refractivity (Wildman–Crippen MR) is 83.1 cm³/mol. The Morgan fingerprint density at radius 3 is 2.71 bits per heavy atom. The van der Waals surface area contributed by atoms with E-state index in [1.807, 2.05) is 49.8 Å².